The van der Waals surface area contributed by atoms with Crippen LogP contribution in [-0.4, -0.2) is 32.3 Å². The van der Waals surface area contributed by atoms with Crippen molar-refractivity contribution < 1.29 is 5.11 Å². The third-order valence-electron chi connectivity index (χ3n) is 2.97. The number of halogens is 2. The van der Waals surface area contributed by atoms with E-state index in [4.69, 9.17) is 28.3 Å². The number of imidazole rings is 1. The third kappa shape index (κ3) is 5.34. The average molecular weight is 363 g/mol. The summed E-state index contributed by atoms with van der Waals surface area (Å²) in [5.41, 5.74) is 1.95. The highest BCUT2D eigenvalue weighted by Gasteiger charge is 2.15. The Kier molecular flexibility index (Phi) is 8.04. The Morgan fingerprint density at radius 2 is 1.77 bits per heavy atom. The Labute approximate surface area is 147 Å². The number of benzene rings is 1. The smallest absolute Gasteiger partial charge is 0.113 e. The van der Waals surface area contributed by atoms with Crippen molar-refractivity contribution in [2.24, 2.45) is 7.05 Å². The predicted octanol–water partition coefficient (Wildman–Crippen LogP) is 5.12. The van der Waals surface area contributed by atoms with E-state index in [-0.39, 0.29) is 6.10 Å². The number of hydrogen-bond acceptors (Lipinski definition) is 3. The molecule has 0 saturated heterocycles. The summed E-state index contributed by atoms with van der Waals surface area (Å²) in [5, 5.41) is 9.19. The van der Waals surface area contributed by atoms with Crippen LogP contribution in [0.5, 0.6) is 0 Å². The minimum Gasteiger partial charge on any atom is -0.394 e. The monoisotopic (exact) mass is 362 g/mol. The van der Waals surface area contributed by atoms with Gasteiger partial charge in [-0.05, 0) is 31.7 Å². The highest BCUT2D eigenvalue weighted by molar-refractivity contribution is 7.99. The van der Waals surface area contributed by atoms with Crippen LogP contribution in [0.15, 0.2) is 12.1 Å². The zero-order chi connectivity index (χ0) is 16.9. The number of rotatable bonds is 4. The van der Waals surface area contributed by atoms with Gasteiger partial charge in [-0.1, -0.05) is 37.0 Å². The molecule has 1 N–H and O–H groups in total. The summed E-state index contributed by atoms with van der Waals surface area (Å²) < 4.78 is 2.11. The molecular formula is C16H24Cl2N2OS. The molecule has 1 heterocycles. The van der Waals surface area contributed by atoms with Crippen LogP contribution >= 0.6 is 35.0 Å². The molecule has 0 saturated carbocycles. The van der Waals surface area contributed by atoms with Crippen LogP contribution in [0.25, 0.3) is 11.0 Å². The molecule has 2 aromatic rings. The number of thioether (sulfide) groups is 1. The van der Waals surface area contributed by atoms with E-state index in [1.807, 2.05) is 30.9 Å². The number of aliphatic hydroxyl groups is 1. The molecule has 124 valence electrons. The van der Waals surface area contributed by atoms with Gasteiger partial charge >= 0.3 is 0 Å². The van der Waals surface area contributed by atoms with Crippen molar-refractivity contribution in [3.05, 3.63) is 28.0 Å². The van der Waals surface area contributed by atoms with Gasteiger partial charge in [0.25, 0.3) is 0 Å². The molecule has 6 heteroatoms. The van der Waals surface area contributed by atoms with Crippen LogP contribution < -0.4 is 0 Å². The van der Waals surface area contributed by atoms with Gasteiger partial charge in [-0.25, -0.2) is 4.98 Å². The molecule has 1 atom stereocenters. The summed E-state index contributed by atoms with van der Waals surface area (Å²) in [6.45, 7) is 7.82. The minimum atomic E-state index is -0.167. The van der Waals surface area contributed by atoms with Crippen LogP contribution in [0, 0.1) is 0 Å². The molecule has 0 aliphatic rings. The zero-order valence-corrected chi connectivity index (χ0v) is 16.1. The third-order valence-corrected chi connectivity index (χ3v) is 4.84. The van der Waals surface area contributed by atoms with E-state index in [0.717, 1.165) is 28.4 Å². The summed E-state index contributed by atoms with van der Waals surface area (Å²) in [6.07, 6.45) is -0.167. The van der Waals surface area contributed by atoms with Gasteiger partial charge in [0, 0.05) is 24.8 Å². The van der Waals surface area contributed by atoms with Crippen molar-refractivity contribution in [2.45, 2.75) is 39.7 Å². The molecule has 0 spiro atoms. The molecule has 0 bridgehead atoms. The lowest BCUT2D eigenvalue weighted by atomic mass is 10.2. The predicted molar refractivity (Wildman–Crippen MR) is 99.5 cm³/mol. The molecule has 0 amide bonds. The highest BCUT2D eigenvalue weighted by atomic mass is 35.5. The van der Waals surface area contributed by atoms with E-state index in [1.165, 1.54) is 0 Å². The molecule has 0 aliphatic carbocycles. The maximum absolute atomic E-state index is 8.06. The van der Waals surface area contributed by atoms with Gasteiger partial charge in [0.15, 0.2) is 0 Å². The van der Waals surface area contributed by atoms with E-state index < -0.39 is 0 Å². The Bertz CT molecular complexity index is 611. The number of nitrogens with zero attached hydrogens (tertiary/aromatic N) is 2. The maximum Gasteiger partial charge on any atom is 0.113 e. The van der Waals surface area contributed by atoms with E-state index in [9.17, 15) is 0 Å². The molecular weight excluding hydrogens is 339 g/mol. The lowest BCUT2D eigenvalue weighted by molar-refractivity contribution is 0.216. The average Bonchev–Trinajstić information content (AvgIpc) is 2.73. The number of aromatic nitrogens is 2. The first-order valence-electron chi connectivity index (χ1n) is 7.35. The lowest BCUT2D eigenvalue weighted by Crippen LogP contribution is -2.05. The molecule has 0 aliphatic heterocycles. The lowest BCUT2D eigenvalue weighted by Gasteiger charge is -2.10. The molecule has 1 aromatic carbocycles. The first-order valence-corrected chi connectivity index (χ1v) is 9.26. The molecule has 22 heavy (non-hydrogen) atoms. The second-order valence-electron chi connectivity index (χ2n) is 5.44. The standard InChI is InChI=1S/C13H16Cl2N2S.C3H8O/c1-4-18-7-8(2)13-16-11-5-9(14)10(15)6-12(11)17(13)3;1-3(2)4/h5-6,8H,4,7H2,1-3H3;3-4H,1-2H3. The van der Waals surface area contributed by atoms with Gasteiger partial charge < -0.3 is 9.67 Å². The summed E-state index contributed by atoms with van der Waals surface area (Å²) in [5.74, 6) is 3.72. The van der Waals surface area contributed by atoms with Crippen molar-refractivity contribution in [2.75, 3.05) is 11.5 Å². The van der Waals surface area contributed by atoms with Crippen molar-refractivity contribution in [3.8, 4) is 0 Å². The summed E-state index contributed by atoms with van der Waals surface area (Å²) in [7, 11) is 2.03. The van der Waals surface area contributed by atoms with Crippen molar-refractivity contribution >= 4 is 46.0 Å². The van der Waals surface area contributed by atoms with E-state index in [1.54, 1.807) is 13.8 Å². The topological polar surface area (TPSA) is 38.1 Å². The molecule has 0 fully saturated rings. The van der Waals surface area contributed by atoms with Gasteiger partial charge in [-0.2, -0.15) is 11.8 Å². The highest BCUT2D eigenvalue weighted by Crippen LogP contribution is 2.30. The zero-order valence-electron chi connectivity index (χ0n) is 13.7. The second-order valence-corrected chi connectivity index (χ2v) is 7.57. The molecule has 2 rings (SSSR count). The summed E-state index contributed by atoms with van der Waals surface area (Å²) in [4.78, 5) is 4.67. The fourth-order valence-electron chi connectivity index (χ4n) is 2.02. The van der Waals surface area contributed by atoms with Crippen LogP contribution in [0.3, 0.4) is 0 Å². The summed E-state index contributed by atoms with van der Waals surface area (Å²) in [6, 6.07) is 3.72. The Hall–Kier alpha value is -0.420. The van der Waals surface area contributed by atoms with Crippen LogP contribution in [-0.2, 0) is 7.05 Å². The van der Waals surface area contributed by atoms with Crippen LogP contribution in [0.1, 0.15) is 39.4 Å². The fraction of sp³-hybridized carbons (Fsp3) is 0.562. The van der Waals surface area contributed by atoms with Crippen molar-refractivity contribution in [3.63, 3.8) is 0 Å². The Balaban J connectivity index is 0.000000541. The van der Waals surface area contributed by atoms with Gasteiger partial charge in [0.2, 0.25) is 0 Å². The van der Waals surface area contributed by atoms with Gasteiger partial charge in [0.1, 0.15) is 5.82 Å². The Morgan fingerprint density at radius 3 is 2.32 bits per heavy atom. The van der Waals surface area contributed by atoms with Gasteiger partial charge in [-0.15, -0.1) is 0 Å². The Morgan fingerprint density at radius 1 is 1.23 bits per heavy atom. The van der Waals surface area contributed by atoms with Crippen LogP contribution in [0.4, 0.5) is 0 Å². The normalized spacial score (nSPS) is 12.4. The van der Waals surface area contributed by atoms with Crippen LogP contribution in [0.2, 0.25) is 10.0 Å². The van der Waals surface area contributed by atoms with E-state index in [0.29, 0.717) is 16.0 Å². The first kappa shape index (κ1) is 19.6. The second kappa shape index (κ2) is 9.02. The minimum absolute atomic E-state index is 0.167. The summed E-state index contributed by atoms with van der Waals surface area (Å²) >= 11 is 14.0. The fourth-order valence-corrected chi connectivity index (χ4v) is 3.07. The number of aliphatic hydroxyl groups excluding tert-OH is 1. The van der Waals surface area contributed by atoms with Crippen molar-refractivity contribution in [1.82, 2.24) is 9.55 Å². The number of fused-ring (bicyclic) bond motifs is 1. The largest absolute Gasteiger partial charge is 0.394 e. The quantitative estimate of drug-likeness (QED) is 0.819. The first-order chi connectivity index (χ1) is 10.3. The van der Waals surface area contributed by atoms with E-state index >= 15 is 0 Å². The van der Waals surface area contributed by atoms with E-state index in [2.05, 4.69) is 23.4 Å². The van der Waals surface area contributed by atoms with Gasteiger partial charge in [0.05, 0.1) is 21.1 Å². The molecule has 0 radical (unpaired) electrons. The number of hydrogen-bond donors (Lipinski definition) is 1. The maximum atomic E-state index is 8.06. The van der Waals surface area contributed by atoms with Crippen molar-refractivity contribution in [1.29, 1.82) is 0 Å². The SMILES string of the molecule is CC(C)O.CCSCC(C)c1nc2cc(Cl)c(Cl)cc2n1C. The molecule has 3 nitrogen and oxygen atoms in total. The molecule has 1 unspecified atom stereocenters. The number of aryl methyl sites for hydroxylation is 1. The molecule has 1 aromatic heterocycles. The van der Waals surface area contributed by atoms with Gasteiger partial charge in [-0.3, -0.25) is 0 Å².